The molecule has 4 rings (SSSR count). The van der Waals surface area contributed by atoms with Crippen LogP contribution in [0.5, 0.6) is 0 Å². The van der Waals surface area contributed by atoms with Crippen molar-refractivity contribution in [3.8, 4) is 11.4 Å². The minimum absolute atomic E-state index is 0.133. The van der Waals surface area contributed by atoms with Crippen LogP contribution in [0.2, 0.25) is 0 Å². The van der Waals surface area contributed by atoms with Crippen LogP contribution < -0.4 is 10.9 Å². The molecule has 2 saturated heterocycles. The van der Waals surface area contributed by atoms with Gasteiger partial charge in [0.05, 0.1) is 17.5 Å². The van der Waals surface area contributed by atoms with Gasteiger partial charge in [-0.1, -0.05) is 0 Å². The van der Waals surface area contributed by atoms with E-state index in [1.54, 1.807) is 12.4 Å². The molecule has 140 valence electrons. The van der Waals surface area contributed by atoms with E-state index < -0.39 is 9.84 Å². The predicted molar refractivity (Wildman–Crippen MR) is 98.0 cm³/mol. The summed E-state index contributed by atoms with van der Waals surface area (Å²) in [5.41, 5.74) is 7.43. The molecule has 2 aliphatic rings. The lowest BCUT2D eigenvalue weighted by Gasteiger charge is -2.19. The molecule has 26 heavy (non-hydrogen) atoms. The van der Waals surface area contributed by atoms with Crippen molar-refractivity contribution in [2.75, 3.05) is 11.5 Å². The second kappa shape index (κ2) is 6.71. The quantitative estimate of drug-likeness (QED) is 0.811. The SMILES string of the molecule is CC1NNC(C)C1Cc1nc(-c2ccncc2)nn1C1CCS(=O)(=O)C1. The molecule has 3 atom stereocenters. The molecule has 0 amide bonds. The second-order valence-electron chi connectivity index (χ2n) is 7.32. The van der Waals surface area contributed by atoms with Crippen molar-refractivity contribution in [1.29, 1.82) is 0 Å². The van der Waals surface area contributed by atoms with E-state index in [2.05, 4.69) is 29.7 Å². The van der Waals surface area contributed by atoms with E-state index in [4.69, 9.17) is 10.1 Å². The Bertz CT molecular complexity index is 872. The van der Waals surface area contributed by atoms with Gasteiger partial charge in [0.1, 0.15) is 5.82 Å². The van der Waals surface area contributed by atoms with Crippen LogP contribution >= 0.6 is 0 Å². The average Bonchev–Trinajstić information content (AvgIpc) is 3.29. The molecule has 0 spiro atoms. The fourth-order valence-electron chi connectivity index (χ4n) is 3.85. The van der Waals surface area contributed by atoms with Gasteiger partial charge in [0, 0.05) is 36.5 Å². The summed E-state index contributed by atoms with van der Waals surface area (Å²) in [7, 11) is -2.99. The maximum Gasteiger partial charge on any atom is 0.181 e. The predicted octanol–water partition coefficient (Wildman–Crippen LogP) is 0.743. The maximum absolute atomic E-state index is 12.0. The lowest BCUT2D eigenvalue weighted by atomic mass is 9.92. The van der Waals surface area contributed by atoms with E-state index in [9.17, 15) is 8.42 Å². The first-order valence-corrected chi connectivity index (χ1v) is 10.8. The van der Waals surface area contributed by atoms with Gasteiger partial charge < -0.3 is 0 Å². The largest absolute Gasteiger partial charge is 0.265 e. The molecule has 3 unspecified atom stereocenters. The molecular formula is C17H24N6O2S. The molecule has 0 radical (unpaired) electrons. The number of sulfone groups is 1. The van der Waals surface area contributed by atoms with Gasteiger partial charge in [0.2, 0.25) is 0 Å². The zero-order valence-corrected chi connectivity index (χ0v) is 15.8. The Labute approximate surface area is 153 Å². The van der Waals surface area contributed by atoms with Crippen LogP contribution in [0, 0.1) is 5.92 Å². The Morgan fingerprint density at radius 1 is 1.19 bits per heavy atom. The van der Waals surface area contributed by atoms with Crippen LogP contribution in [0.1, 0.15) is 32.1 Å². The number of rotatable bonds is 4. The van der Waals surface area contributed by atoms with E-state index in [-0.39, 0.29) is 17.5 Å². The minimum Gasteiger partial charge on any atom is -0.265 e. The first kappa shape index (κ1) is 17.6. The van der Waals surface area contributed by atoms with E-state index in [1.165, 1.54) is 0 Å². The Morgan fingerprint density at radius 2 is 1.88 bits per heavy atom. The maximum atomic E-state index is 12.0. The third-order valence-corrected chi connectivity index (χ3v) is 7.19. The van der Waals surface area contributed by atoms with Crippen LogP contribution in [0.15, 0.2) is 24.5 Å². The first-order chi connectivity index (χ1) is 12.4. The van der Waals surface area contributed by atoms with Gasteiger partial charge in [-0.3, -0.25) is 15.8 Å². The Kier molecular flexibility index (Phi) is 4.54. The summed E-state index contributed by atoms with van der Waals surface area (Å²) in [6.07, 6.45) is 4.77. The average molecular weight is 376 g/mol. The standard InChI is InChI=1S/C17H24N6O2S/c1-11-15(12(2)21-20-11)9-16-19-17(13-3-6-18-7-4-13)22-23(16)14-5-8-26(24,25)10-14/h3-4,6-7,11-12,14-15,20-21H,5,8-10H2,1-2H3. The fourth-order valence-corrected chi connectivity index (χ4v) is 5.55. The van der Waals surface area contributed by atoms with E-state index in [0.29, 0.717) is 30.2 Å². The lowest BCUT2D eigenvalue weighted by Crippen LogP contribution is -2.30. The minimum atomic E-state index is -2.99. The van der Waals surface area contributed by atoms with Gasteiger partial charge in [0.15, 0.2) is 15.7 Å². The smallest absolute Gasteiger partial charge is 0.181 e. The van der Waals surface area contributed by atoms with Crippen LogP contribution in [0.4, 0.5) is 0 Å². The molecule has 0 saturated carbocycles. The molecular weight excluding hydrogens is 352 g/mol. The van der Waals surface area contributed by atoms with Gasteiger partial charge in [-0.15, -0.1) is 0 Å². The topological polar surface area (TPSA) is 102 Å². The molecule has 0 aromatic carbocycles. The van der Waals surface area contributed by atoms with Gasteiger partial charge in [0.25, 0.3) is 0 Å². The summed E-state index contributed by atoms with van der Waals surface area (Å²) in [6.45, 7) is 4.29. The fraction of sp³-hybridized carbons (Fsp3) is 0.588. The highest BCUT2D eigenvalue weighted by Gasteiger charge is 2.35. The molecule has 8 nitrogen and oxygen atoms in total. The number of aromatic nitrogens is 4. The van der Waals surface area contributed by atoms with Crippen LogP contribution in [-0.4, -0.2) is 51.8 Å². The highest BCUT2D eigenvalue weighted by molar-refractivity contribution is 7.91. The number of hydrogen-bond acceptors (Lipinski definition) is 7. The normalized spacial score (nSPS) is 30.7. The summed E-state index contributed by atoms with van der Waals surface area (Å²) < 4.78 is 25.8. The summed E-state index contributed by atoms with van der Waals surface area (Å²) in [5, 5.41) is 4.69. The second-order valence-corrected chi connectivity index (χ2v) is 9.55. The monoisotopic (exact) mass is 376 g/mol. The molecule has 2 aromatic rings. The summed E-state index contributed by atoms with van der Waals surface area (Å²) >= 11 is 0. The van der Waals surface area contributed by atoms with Gasteiger partial charge in [-0.25, -0.2) is 18.1 Å². The van der Waals surface area contributed by atoms with Crippen molar-refractivity contribution in [1.82, 2.24) is 30.6 Å². The van der Waals surface area contributed by atoms with Crippen LogP contribution in [-0.2, 0) is 16.3 Å². The summed E-state index contributed by atoms with van der Waals surface area (Å²) in [4.78, 5) is 8.82. The van der Waals surface area contributed by atoms with Crippen LogP contribution in [0.3, 0.4) is 0 Å². The van der Waals surface area contributed by atoms with Gasteiger partial charge >= 0.3 is 0 Å². The van der Waals surface area contributed by atoms with Crippen molar-refractivity contribution in [2.24, 2.45) is 5.92 Å². The number of pyridine rings is 1. The third kappa shape index (κ3) is 3.38. The summed E-state index contributed by atoms with van der Waals surface area (Å²) in [5.74, 6) is 2.21. The number of nitrogens with one attached hydrogen (secondary N) is 2. The van der Waals surface area contributed by atoms with Gasteiger partial charge in [-0.05, 0) is 38.3 Å². The number of hydrazine groups is 1. The molecule has 0 bridgehead atoms. The third-order valence-electron chi connectivity index (χ3n) is 5.44. The zero-order valence-electron chi connectivity index (χ0n) is 15.0. The zero-order chi connectivity index (χ0) is 18.3. The van der Waals surface area contributed by atoms with Crippen molar-refractivity contribution in [3.05, 3.63) is 30.4 Å². The van der Waals surface area contributed by atoms with Crippen molar-refractivity contribution < 1.29 is 8.42 Å². The van der Waals surface area contributed by atoms with Gasteiger partial charge in [-0.2, -0.15) is 5.10 Å². The van der Waals surface area contributed by atoms with Crippen molar-refractivity contribution in [3.63, 3.8) is 0 Å². The van der Waals surface area contributed by atoms with E-state index >= 15 is 0 Å². The highest BCUT2D eigenvalue weighted by Crippen LogP contribution is 2.28. The van der Waals surface area contributed by atoms with E-state index in [1.807, 2.05) is 16.8 Å². The Hall–Kier alpha value is -1.84. The summed E-state index contributed by atoms with van der Waals surface area (Å²) in [6, 6.07) is 4.24. The number of nitrogens with zero attached hydrogens (tertiary/aromatic N) is 4. The highest BCUT2D eigenvalue weighted by atomic mass is 32.2. The Morgan fingerprint density at radius 3 is 2.50 bits per heavy atom. The Balaban J connectivity index is 1.70. The lowest BCUT2D eigenvalue weighted by molar-refractivity contribution is 0.401. The molecule has 4 heterocycles. The molecule has 2 fully saturated rings. The molecule has 2 aliphatic heterocycles. The van der Waals surface area contributed by atoms with Crippen LogP contribution in [0.25, 0.3) is 11.4 Å². The number of hydrogen-bond donors (Lipinski definition) is 2. The van der Waals surface area contributed by atoms with Crippen molar-refractivity contribution >= 4 is 9.84 Å². The van der Waals surface area contributed by atoms with Crippen molar-refractivity contribution in [2.45, 2.75) is 44.8 Å². The first-order valence-electron chi connectivity index (χ1n) is 9.00. The molecule has 0 aliphatic carbocycles. The molecule has 2 aromatic heterocycles. The molecule has 2 N–H and O–H groups in total. The van der Waals surface area contributed by atoms with E-state index in [0.717, 1.165) is 17.8 Å². The molecule has 9 heteroatoms.